The van der Waals surface area contributed by atoms with Gasteiger partial charge in [0.25, 0.3) is 0 Å². The number of rotatable bonds is 1. The fraction of sp³-hybridized carbons (Fsp3) is 0.625. The van der Waals surface area contributed by atoms with Crippen LogP contribution in [0.15, 0.2) is 6.20 Å². The molecule has 78 valence electrons. The topological polar surface area (TPSA) is 43.8 Å². The van der Waals surface area contributed by atoms with E-state index in [1.54, 1.807) is 0 Å². The molecule has 2 rings (SSSR count). The van der Waals surface area contributed by atoms with E-state index >= 15 is 0 Å². The molecular weight excluding hydrogens is 195 g/mol. The normalized spacial score (nSPS) is 18.2. The summed E-state index contributed by atoms with van der Waals surface area (Å²) in [4.78, 5) is 0. The summed E-state index contributed by atoms with van der Waals surface area (Å²) in [7, 11) is 0. The summed E-state index contributed by atoms with van der Waals surface area (Å²) >= 11 is 0. The Morgan fingerprint density at radius 3 is 2.43 bits per heavy atom. The van der Waals surface area contributed by atoms with Crippen LogP contribution in [0.5, 0.6) is 0 Å². The monoisotopic (exact) mass is 205 g/mol. The van der Waals surface area contributed by atoms with Gasteiger partial charge in [-0.15, -0.1) is 0 Å². The number of anilines is 1. The Bertz CT molecular complexity index is 338. The van der Waals surface area contributed by atoms with Crippen molar-refractivity contribution in [2.45, 2.75) is 31.5 Å². The zero-order chi connectivity index (χ0) is 10.3. The number of nitrogens with zero attached hydrogens (tertiary/aromatic N) is 2. The third-order valence-electron chi connectivity index (χ3n) is 2.48. The second kappa shape index (κ2) is 2.90. The number of hydrogen-bond acceptors (Lipinski definition) is 2. The first-order valence-corrected chi connectivity index (χ1v) is 4.40. The Labute approximate surface area is 78.7 Å². The van der Waals surface area contributed by atoms with Crippen LogP contribution in [0.25, 0.3) is 0 Å². The van der Waals surface area contributed by atoms with Gasteiger partial charge in [0.05, 0.1) is 11.7 Å². The van der Waals surface area contributed by atoms with Crippen molar-refractivity contribution in [2.75, 3.05) is 5.73 Å². The quantitative estimate of drug-likeness (QED) is 0.763. The predicted octanol–water partition coefficient (Wildman–Crippen LogP) is 2.21. The molecule has 0 aromatic carbocycles. The summed E-state index contributed by atoms with van der Waals surface area (Å²) in [6, 6.07) is 0.105. The zero-order valence-corrected chi connectivity index (χ0v) is 7.38. The zero-order valence-electron chi connectivity index (χ0n) is 7.38. The summed E-state index contributed by atoms with van der Waals surface area (Å²) in [6.45, 7) is 0. The van der Waals surface area contributed by atoms with E-state index in [0.717, 1.165) is 19.3 Å². The SMILES string of the molecule is Nc1cn(C2CCC2)nc1C(F)(F)F. The molecule has 0 bridgehead atoms. The van der Waals surface area contributed by atoms with Crippen LogP contribution in [0.2, 0.25) is 0 Å². The van der Waals surface area contributed by atoms with Gasteiger partial charge in [-0.2, -0.15) is 18.3 Å². The van der Waals surface area contributed by atoms with Gasteiger partial charge in [0.15, 0.2) is 5.69 Å². The van der Waals surface area contributed by atoms with Crippen molar-refractivity contribution >= 4 is 5.69 Å². The summed E-state index contributed by atoms with van der Waals surface area (Å²) < 4.78 is 38.2. The van der Waals surface area contributed by atoms with Gasteiger partial charge in [0.2, 0.25) is 0 Å². The van der Waals surface area contributed by atoms with Crippen molar-refractivity contribution in [2.24, 2.45) is 0 Å². The predicted molar refractivity (Wildman–Crippen MR) is 44.5 cm³/mol. The van der Waals surface area contributed by atoms with Crippen molar-refractivity contribution in [3.05, 3.63) is 11.9 Å². The van der Waals surface area contributed by atoms with Crippen LogP contribution in [0.4, 0.5) is 18.9 Å². The third-order valence-corrected chi connectivity index (χ3v) is 2.48. The van der Waals surface area contributed by atoms with Crippen molar-refractivity contribution in [3.8, 4) is 0 Å². The van der Waals surface area contributed by atoms with E-state index in [0.29, 0.717) is 0 Å². The van der Waals surface area contributed by atoms with Gasteiger partial charge in [0.1, 0.15) is 0 Å². The molecule has 14 heavy (non-hydrogen) atoms. The Hall–Kier alpha value is -1.20. The maximum Gasteiger partial charge on any atom is 0.437 e. The highest BCUT2D eigenvalue weighted by Gasteiger charge is 2.37. The standard InChI is InChI=1S/C8H10F3N3/c9-8(10,11)7-6(12)4-14(13-7)5-2-1-3-5/h4-5H,1-3,12H2. The summed E-state index contributed by atoms with van der Waals surface area (Å²) in [5, 5.41) is 3.47. The molecule has 0 radical (unpaired) electrons. The van der Waals surface area contributed by atoms with Gasteiger partial charge in [0, 0.05) is 6.20 Å². The number of aromatic nitrogens is 2. The molecular formula is C8H10F3N3. The number of hydrogen-bond donors (Lipinski definition) is 1. The second-order valence-corrected chi connectivity index (χ2v) is 3.50. The van der Waals surface area contributed by atoms with Crippen molar-refractivity contribution in [1.29, 1.82) is 0 Å². The Kier molecular flexibility index (Phi) is 1.94. The number of nitrogen functional groups attached to an aromatic ring is 1. The van der Waals surface area contributed by atoms with Gasteiger partial charge >= 0.3 is 6.18 Å². The smallest absolute Gasteiger partial charge is 0.396 e. The van der Waals surface area contributed by atoms with Crippen LogP contribution in [0, 0.1) is 0 Å². The highest BCUT2D eigenvalue weighted by molar-refractivity contribution is 5.42. The molecule has 1 fully saturated rings. The lowest BCUT2D eigenvalue weighted by molar-refractivity contribution is -0.141. The third kappa shape index (κ3) is 1.44. The summed E-state index contributed by atoms with van der Waals surface area (Å²) in [5.41, 5.74) is 3.99. The molecule has 1 aliphatic rings. The molecule has 1 aliphatic carbocycles. The van der Waals surface area contributed by atoms with E-state index in [1.165, 1.54) is 10.9 Å². The van der Waals surface area contributed by atoms with E-state index in [4.69, 9.17) is 5.73 Å². The molecule has 0 atom stereocenters. The molecule has 0 unspecified atom stereocenters. The van der Waals surface area contributed by atoms with Gasteiger partial charge in [-0.05, 0) is 19.3 Å². The van der Waals surface area contributed by atoms with Crippen LogP contribution in [-0.4, -0.2) is 9.78 Å². The molecule has 6 heteroatoms. The minimum Gasteiger partial charge on any atom is -0.396 e. The highest BCUT2D eigenvalue weighted by atomic mass is 19.4. The Balaban J connectivity index is 2.29. The first kappa shape index (κ1) is 9.36. The van der Waals surface area contributed by atoms with Crippen LogP contribution in [-0.2, 0) is 6.18 Å². The fourth-order valence-corrected chi connectivity index (χ4v) is 1.46. The molecule has 2 N–H and O–H groups in total. The van der Waals surface area contributed by atoms with Crippen LogP contribution >= 0.6 is 0 Å². The van der Waals surface area contributed by atoms with E-state index in [9.17, 15) is 13.2 Å². The number of halogens is 3. The van der Waals surface area contributed by atoms with E-state index in [-0.39, 0.29) is 11.7 Å². The largest absolute Gasteiger partial charge is 0.437 e. The second-order valence-electron chi connectivity index (χ2n) is 3.50. The van der Waals surface area contributed by atoms with E-state index in [1.807, 2.05) is 0 Å². The molecule has 0 saturated heterocycles. The lowest BCUT2D eigenvalue weighted by Gasteiger charge is -2.25. The van der Waals surface area contributed by atoms with Crippen molar-refractivity contribution in [3.63, 3.8) is 0 Å². The van der Waals surface area contributed by atoms with Gasteiger partial charge < -0.3 is 5.73 Å². The minimum atomic E-state index is -4.45. The summed E-state index contributed by atoms with van der Waals surface area (Å²) in [5.74, 6) is 0. The molecule has 1 aromatic rings. The first-order chi connectivity index (χ1) is 6.48. The lowest BCUT2D eigenvalue weighted by atomic mass is 9.93. The average molecular weight is 205 g/mol. The molecule has 1 heterocycles. The van der Waals surface area contributed by atoms with Crippen molar-refractivity contribution < 1.29 is 13.2 Å². The van der Waals surface area contributed by atoms with E-state index in [2.05, 4.69) is 5.10 Å². The molecule has 1 saturated carbocycles. The maximum atomic E-state index is 12.3. The highest BCUT2D eigenvalue weighted by Crippen LogP contribution is 2.36. The average Bonchev–Trinajstić information content (AvgIpc) is 2.25. The Morgan fingerprint density at radius 2 is 2.07 bits per heavy atom. The van der Waals surface area contributed by atoms with Gasteiger partial charge in [-0.3, -0.25) is 4.68 Å². The molecule has 0 aliphatic heterocycles. The fourth-order valence-electron chi connectivity index (χ4n) is 1.46. The molecule has 0 amide bonds. The number of alkyl halides is 3. The van der Waals surface area contributed by atoms with Crippen LogP contribution in [0.1, 0.15) is 31.0 Å². The molecule has 0 spiro atoms. The van der Waals surface area contributed by atoms with Gasteiger partial charge in [-0.25, -0.2) is 0 Å². The van der Waals surface area contributed by atoms with Crippen LogP contribution in [0.3, 0.4) is 0 Å². The maximum absolute atomic E-state index is 12.3. The molecule has 1 aromatic heterocycles. The Morgan fingerprint density at radius 1 is 1.43 bits per heavy atom. The molecule has 3 nitrogen and oxygen atoms in total. The van der Waals surface area contributed by atoms with E-state index < -0.39 is 11.9 Å². The van der Waals surface area contributed by atoms with Crippen molar-refractivity contribution in [1.82, 2.24) is 9.78 Å². The lowest BCUT2D eigenvalue weighted by Crippen LogP contribution is -2.18. The summed E-state index contributed by atoms with van der Waals surface area (Å²) in [6.07, 6.45) is -0.353. The van der Waals surface area contributed by atoms with Gasteiger partial charge in [-0.1, -0.05) is 0 Å². The minimum absolute atomic E-state index is 0.105. The first-order valence-electron chi connectivity index (χ1n) is 4.40. The number of nitrogens with two attached hydrogens (primary N) is 1. The van der Waals surface area contributed by atoms with Crippen LogP contribution < -0.4 is 5.73 Å².